The molecule has 0 unspecified atom stereocenters. The van der Waals surface area contributed by atoms with Crippen LogP contribution in [0.4, 0.5) is 4.39 Å². The van der Waals surface area contributed by atoms with Crippen molar-refractivity contribution in [1.29, 1.82) is 0 Å². The van der Waals surface area contributed by atoms with Gasteiger partial charge in [0.2, 0.25) is 5.91 Å². The minimum atomic E-state index is -0.328. The van der Waals surface area contributed by atoms with Crippen LogP contribution in [-0.2, 0) is 17.9 Å². The second kappa shape index (κ2) is 11.9. The molecule has 0 bridgehead atoms. The van der Waals surface area contributed by atoms with Gasteiger partial charge in [-0.05, 0) is 80.3 Å². The number of halogens is 1. The summed E-state index contributed by atoms with van der Waals surface area (Å²) in [4.78, 5) is 30.2. The van der Waals surface area contributed by atoms with Crippen molar-refractivity contribution in [3.63, 3.8) is 0 Å². The van der Waals surface area contributed by atoms with E-state index in [9.17, 15) is 14.0 Å². The van der Waals surface area contributed by atoms with Gasteiger partial charge in [0.25, 0.3) is 5.91 Å². The van der Waals surface area contributed by atoms with Crippen LogP contribution in [0.25, 0.3) is 0 Å². The molecule has 0 saturated heterocycles. The molecule has 1 fully saturated rings. The highest BCUT2D eigenvalue weighted by molar-refractivity contribution is 5.97. The van der Waals surface area contributed by atoms with Gasteiger partial charge in [0, 0.05) is 18.2 Å². The molecule has 1 aliphatic rings. The monoisotopic (exact) mass is 492 g/mol. The lowest BCUT2D eigenvalue weighted by molar-refractivity contribution is -0.133. The number of carbonyl (C=O) groups excluding carboxylic acids is 2. The normalized spacial score (nSPS) is 12.9. The first-order valence-corrected chi connectivity index (χ1v) is 12.5. The Morgan fingerprint density at radius 1 is 1.00 bits per heavy atom. The zero-order chi connectivity index (χ0) is 25.5. The number of hydrogen-bond donors (Lipinski definition) is 0. The summed E-state index contributed by atoms with van der Waals surface area (Å²) in [6.45, 7) is 5.12. The molecule has 7 heteroatoms. The predicted molar refractivity (Wildman–Crippen MR) is 135 cm³/mol. The molecule has 1 heterocycles. The van der Waals surface area contributed by atoms with Crippen molar-refractivity contribution in [1.82, 2.24) is 9.80 Å². The van der Waals surface area contributed by atoms with Gasteiger partial charge in [0.1, 0.15) is 29.6 Å². The molecule has 190 valence electrons. The molecule has 2 aromatic carbocycles. The Hall–Kier alpha value is -3.61. The summed E-state index contributed by atoms with van der Waals surface area (Å²) in [6, 6.07) is 17.0. The van der Waals surface area contributed by atoms with E-state index in [1.165, 1.54) is 12.1 Å². The van der Waals surface area contributed by atoms with Crippen molar-refractivity contribution >= 4 is 11.8 Å². The Morgan fingerprint density at radius 2 is 1.72 bits per heavy atom. The molecule has 1 saturated carbocycles. The maximum atomic E-state index is 13.5. The lowest BCUT2D eigenvalue weighted by Gasteiger charge is -2.27. The summed E-state index contributed by atoms with van der Waals surface area (Å²) in [7, 11) is 0. The zero-order valence-electron chi connectivity index (χ0n) is 20.9. The SMILES string of the molecule is CCCCOc1ccc(C(=O)N(CC(=O)N(Cc2ccc(F)cc2)Cc2ccc(C)o2)C2CC2)cc1. The fraction of sp³-hybridized carbons (Fsp3) is 0.379. The third-order valence-electron chi connectivity index (χ3n) is 6.20. The molecule has 0 N–H and O–H groups in total. The summed E-state index contributed by atoms with van der Waals surface area (Å²) in [5.74, 6) is 1.47. The van der Waals surface area contributed by atoms with Crippen LogP contribution in [0.3, 0.4) is 0 Å². The van der Waals surface area contributed by atoms with E-state index in [1.807, 2.05) is 19.1 Å². The molecular weight excluding hydrogens is 459 g/mol. The Labute approximate surface area is 211 Å². The zero-order valence-corrected chi connectivity index (χ0v) is 20.9. The number of ether oxygens (including phenoxy) is 1. The predicted octanol–water partition coefficient (Wildman–Crippen LogP) is 5.74. The van der Waals surface area contributed by atoms with E-state index in [4.69, 9.17) is 9.15 Å². The van der Waals surface area contributed by atoms with E-state index in [2.05, 4.69) is 6.92 Å². The maximum Gasteiger partial charge on any atom is 0.254 e. The number of amides is 2. The second-order valence-corrected chi connectivity index (χ2v) is 9.28. The van der Waals surface area contributed by atoms with Gasteiger partial charge in [0.05, 0.1) is 13.2 Å². The van der Waals surface area contributed by atoms with Crippen LogP contribution in [0, 0.1) is 12.7 Å². The minimum Gasteiger partial charge on any atom is -0.494 e. The number of benzene rings is 2. The molecule has 3 aromatic rings. The van der Waals surface area contributed by atoms with Crippen molar-refractivity contribution in [2.24, 2.45) is 0 Å². The first-order chi connectivity index (χ1) is 17.4. The first kappa shape index (κ1) is 25.5. The minimum absolute atomic E-state index is 0.0286. The number of carbonyl (C=O) groups is 2. The van der Waals surface area contributed by atoms with Gasteiger partial charge in [-0.25, -0.2) is 4.39 Å². The van der Waals surface area contributed by atoms with Crippen LogP contribution < -0.4 is 4.74 Å². The average Bonchev–Trinajstić information content (AvgIpc) is 3.64. The number of furan rings is 1. The maximum absolute atomic E-state index is 13.5. The number of rotatable bonds is 12. The van der Waals surface area contributed by atoms with Gasteiger partial charge in [-0.2, -0.15) is 0 Å². The Morgan fingerprint density at radius 3 is 2.33 bits per heavy atom. The Balaban J connectivity index is 1.47. The van der Waals surface area contributed by atoms with E-state index in [0.29, 0.717) is 17.9 Å². The highest BCUT2D eigenvalue weighted by Gasteiger charge is 2.35. The summed E-state index contributed by atoms with van der Waals surface area (Å²) < 4.78 is 24.8. The Bertz CT molecular complexity index is 1150. The van der Waals surface area contributed by atoms with Gasteiger partial charge in [-0.3, -0.25) is 9.59 Å². The molecule has 0 spiro atoms. The standard InChI is InChI=1S/C29H33FN2O4/c1-3-4-17-35-26-15-8-23(9-16-26)29(34)32(25-12-13-25)20-28(33)31(19-27-14-5-21(2)36-27)18-22-6-10-24(30)11-7-22/h5-11,14-16,25H,3-4,12-13,17-20H2,1-2H3. The van der Waals surface area contributed by atoms with Gasteiger partial charge in [-0.15, -0.1) is 0 Å². The molecule has 1 aliphatic carbocycles. The van der Waals surface area contributed by atoms with Gasteiger partial charge >= 0.3 is 0 Å². The van der Waals surface area contributed by atoms with Crippen LogP contribution in [-0.4, -0.2) is 40.8 Å². The molecule has 0 radical (unpaired) electrons. The summed E-state index contributed by atoms with van der Waals surface area (Å²) in [6.07, 6.45) is 3.79. The molecule has 36 heavy (non-hydrogen) atoms. The van der Waals surface area contributed by atoms with Crippen molar-refractivity contribution in [3.05, 3.63) is 89.1 Å². The fourth-order valence-electron chi connectivity index (χ4n) is 3.99. The molecule has 4 rings (SSSR count). The van der Waals surface area contributed by atoms with Crippen LogP contribution in [0.15, 0.2) is 65.1 Å². The highest BCUT2D eigenvalue weighted by atomic mass is 19.1. The topological polar surface area (TPSA) is 63.0 Å². The van der Waals surface area contributed by atoms with Crippen LogP contribution in [0.2, 0.25) is 0 Å². The van der Waals surface area contributed by atoms with E-state index < -0.39 is 0 Å². The summed E-state index contributed by atoms with van der Waals surface area (Å²) in [5.41, 5.74) is 1.33. The van der Waals surface area contributed by atoms with Gasteiger partial charge < -0.3 is 19.0 Å². The first-order valence-electron chi connectivity index (χ1n) is 12.5. The molecular formula is C29H33FN2O4. The lowest BCUT2D eigenvalue weighted by Crippen LogP contribution is -2.43. The lowest BCUT2D eigenvalue weighted by atomic mass is 10.1. The van der Waals surface area contributed by atoms with E-state index in [1.54, 1.807) is 46.2 Å². The van der Waals surface area contributed by atoms with Gasteiger partial charge in [0.15, 0.2) is 0 Å². The average molecular weight is 493 g/mol. The van der Waals surface area contributed by atoms with Gasteiger partial charge in [-0.1, -0.05) is 25.5 Å². The van der Waals surface area contributed by atoms with Crippen LogP contribution in [0.1, 0.15) is 60.0 Å². The van der Waals surface area contributed by atoms with Crippen molar-refractivity contribution in [2.45, 2.75) is 58.7 Å². The molecule has 2 amide bonds. The smallest absolute Gasteiger partial charge is 0.254 e. The number of aryl methyl sites for hydroxylation is 1. The van der Waals surface area contributed by atoms with E-state index >= 15 is 0 Å². The van der Waals surface area contributed by atoms with E-state index in [0.717, 1.165) is 42.8 Å². The largest absolute Gasteiger partial charge is 0.494 e. The van der Waals surface area contributed by atoms with Crippen molar-refractivity contribution in [3.8, 4) is 5.75 Å². The quantitative estimate of drug-likeness (QED) is 0.303. The number of nitrogens with zero attached hydrogens (tertiary/aromatic N) is 2. The molecule has 0 aliphatic heterocycles. The molecule has 1 aromatic heterocycles. The number of unbranched alkanes of at least 4 members (excludes halogenated alkanes) is 1. The summed E-state index contributed by atoms with van der Waals surface area (Å²) >= 11 is 0. The molecule has 6 nitrogen and oxygen atoms in total. The third-order valence-corrected chi connectivity index (χ3v) is 6.20. The highest BCUT2D eigenvalue weighted by Crippen LogP contribution is 2.29. The second-order valence-electron chi connectivity index (χ2n) is 9.28. The number of hydrogen-bond acceptors (Lipinski definition) is 4. The van der Waals surface area contributed by atoms with Crippen LogP contribution in [0.5, 0.6) is 5.75 Å². The van der Waals surface area contributed by atoms with Crippen molar-refractivity contribution < 1.29 is 23.1 Å². The molecule has 0 atom stereocenters. The van der Waals surface area contributed by atoms with E-state index in [-0.39, 0.29) is 43.3 Å². The van der Waals surface area contributed by atoms with Crippen molar-refractivity contribution in [2.75, 3.05) is 13.2 Å². The fourth-order valence-corrected chi connectivity index (χ4v) is 3.99. The summed E-state index contributed by atoms with van der Waals surface area (Å²) in [5, 5.41) is 0. The third kappa shape index (κ3) is 6.97. The Kier molecular flexibility index (Phi) is 8.41. The van der Waals surface area contributed by atoms with Crippen LogP contribution >= 0.6 is 0 Å².